The van der Waals surface area contributed by atoms with Crippen molar-refractivity contribution in [2.45, 2.75) is 0 Å². The van der Waals surface area contributed by atoms with Crippen LogP contribution in [0.3, 0.4) is 0 Å². The molecule has 3 aromatic rings. The SMILES string of the molecule is O=C(COc1ccccc1Cl)Nn1cnc2ccccc2c1=O. The zero-order chi connectivity index (χ0) is 16.2. The highest BCUT2D eigenvalue weighted by molar-refractivity contribution is 6.32. The lowest BCUT2D eigenvalue weighted by Crippen LogP contribution is -2.35. The van der Waals surface area contributed by atoms with Gasteiger partial charge in [-0.25, -0.2) is 9.66 Å². The largest absolute Gasteiger partial charge is 0.482 e. The first-order chi connectivity index (χ1) is 11.1. The van der Waals surface area contributed by atoms with Gasteiger partial charge in [-0.2, -0.15) is 0 Å². The van der Waals surface area contributed by atoms with Gasteiger partial charge in [-0.05, 0) is 24.3 Å². The number of nitrogens with one attached hydrogen (secondary N) is 1. The van der Waals surface area contributed by atoms with Gasteiger partial charge in [-0.3, -0.25) is 15.0 Å². The first-order valence-electron chi connectivity index (χ1n) is 6.79. The fraction of sp³-hybridized carbons (Fsp3) is 0.0625. The smallest absolute Gasteiger partial charge is 0.280 e. The molecule has 0 aliphatic rings. The van der Waals surface area contributed by atoms with Gasteiger partial charge in [0, 0.05) is 0 Å². The predicted molar refractivity (Wildman–Crippen MR) is 87.3 cm³/mol. The Hall–Kier alpha value is -2.86. The number of hydrogen-bond donors (Lipinski definition) is 1. The summed E-state index contributed by atoms with van der Waals surface area (Å²) < 4.78 is 6.35. The molecule has 0 atom stereocenters. The van der Waals surface area contributed by atoms with Gasteiger partial charge in [0.1, 0.15) is 12.1 Å². The van der Waals surface area contributed by atoms with Crippen LogP contribution in [0.1, 0.15) is 0 Å². The third-order valence-electron chi connectivity index (χ3n) is 3.11. The maximum absolute atomic E-state index is 12.2. The molecule has 1 heterocycles. The molecular formula is C16H12ClN3O3. The Morgan fingerprint density at radius 2 is 1.91 bits per heavy atom. The van der Waals surface area contributed by atoms with Gasteiger partial charge in [0.05, 0.1) is 15.9 Å². The normalized spacial score (nSPS) is 10.5. The van der Waals surface area contributed by atoms with Crippen molar-refractivity contribution >= 4 is 28.4 Å². The van der Waals surface area contributed by atoms with E-state index < -0.39 is 5.91 Å². The number of carbonyl (C=O) groups excluding carboxylic acids is 1. The zero-order valence-corrected chi connectivity index (χ0v) is 12.7. The van der Waals surface area contributed by atoms with Gasteiger partial charge >= 0.3 is 0 Å². The Morgan fingerprint density at radius 3 is 2.74 bits per heavy atom. The van der Waals surface area contributed by atoms with Crippen LogP contribution in [0, 0.1) is 0 Å². The van der Waals surface area contributed by atoms with Crippen LogP contribution in [-0.4, -0.2) is 22.2 Å². The molecule has 0 bridgehead atoms. The van der Waals surface area contributed by atoms with Crippen LogP contribution in [0.15, 0.2) is 59.7 Å². The minimum Gasteiger partial charge on any atom is -0.482 e. The molecule has 116 valence electrons. The minimum atomic E-state index is -0.496. The maximum atomic E-state index is 12.2. The fourth-order valence-electron chi connectivity index (χ4n) is 2.02. The summed E-state index contributed by atoms with van der Waals surface area (Å²) in [6, 6.07) is 13.7. The van der Waals surface area contributed by atoms with E-state index in [1.807, 2.05) is 0 Å². The van der Waals surface area contributed by atoms with Crippen molar-refractivity contribution in [1.82, 2.24) is 9.66 Å². The van der Waals surface area contributed by atoms with Crippen molar-refractivity contribution in [1.29, 1.82) is 0 Å². The molecule has 2 aromatic carbocycles. The van der Waals surface area contributed by atoms with E-state index >= 15 is 0 Å². The number of rotatable bonds is 4. The second-order valence-corrected chi connectivity index (χ2v) is 5.10. The van der Waals surface area contributed by atoms with Crippen LogP contribution < -0.4 is 15.7 Å². The van der Waals surface area contributed by atoms with Crippen molar-refractivity contribution in [3.05, 3.63) is 70.2 Å². The number of fused-ring (bicyclic) bond motifs is 1. The number of para-hydroxylation sites is 2. The highest BCUT2D eigenvalue weighted by Crippen LogP contribution is 2.22. The van der Waals surface area contributed by atoms with Crippen LogP contribution in [0.2, 0.25) is 5.02 Å². The number of halogens is 1. The molecule has 0 radical (unpaired) electrons. The van der Waals surface area contributed by atoms with Gasteiger partial charge in [-0.15, -0.1) is 0 Å². The van der Waals surface area contributed by atoms with Gasteiger partial charge in [0.2, 0.25) is 0 Å². The topological polar surface area (TPSA) is 73.2 Å². The average Bonchev–Trinajstić information content (AvgIpc) is 2.57. The molecule has 0 aliphatic carbocycles. The summed E-state index contributed by atoms with van der Waals surface area (Å²) in [6.45, 7) is -0.275. The molecule has 0 saturated carbocycles. The van der Waals surface area contributed by atoms with Crippen LogP contribution in [-0.2, 0) is 4.79 Å². The predicted octanol–water partition coefficient (Wildman–Crippen LogP) is 2.20. The monoisotopic (exact) mass is 329 g/mol. The number of nitrogens with zero attached hydrogens (tertiary/aromatic N) is 2. The summed E-state index contributed by atoms with van der Waals surface area (Å²) in [5.41, 5.74) is 2.63. The lowest BCUT2D eigenvalue weighted by atomic mass is 10.2. The quantitative estimate of drug-likeness (QED) is 0.796. The summed E-state index contributed by atoms with van der Waals surface area (Å²) in [4.78, 5) is 28.3. The number of ether oxygens (including phenoxy) is 1. The van der Waals surface area contributed by atoms with Crippen LogP contribution in [0.5, 0.6) is 5.75 Å². The summed E-state index contributed by atoms with van der Waals surface area (Å²) >= 11 is 5.94. The van der Waals surface area contributed by atoms with E-state index in [4.69, 9.17) is 16.3 Å². The number of amides is 1. The first-order valence-corrected chi connectivity index (χ1v) is 7.16. The van der Waals surface area contributed by atoms with Gasteiger partial charge in [0.15, 0.2) is 6.61 Å². The van der Waals surface area contributed by atoms with Crippen LogP contribution in [0.4, 0.5) is 0 Å². The Kier molecular flexibility index (Phi) is 4.25. The Labute approximate surface area is 136 Å². The van der Waals surface area contributed by atoms with E-state index in [1.165, 1.54) is 6.33 Å². The second kappa shape index (κ2) is 6.50. The molecule has 1 amide bonds. The molecule has 0 spiro atoms. The van der Waals surface area contributed by atoms with E-state index in [0.29, 0.717) is 21.7 Å². The molecular weight excluding hydrogens is 318 g/mol. The Morgan fingerprint density at radius 1 is 1.17 bits per heavy atom. The maximum Gasteiger partial charge on any atom is 0.280 e. The van der Waals surface area contributed by atoms with Gasteiger partial charge in [0.25, 0.3) is 11.5 Å². The van der Waals surface area contributed by atoms with E-state index in [0.717, 1.165) is 4.68 Å². The van der Waals surface area contributed by atoms with Crippen LogP contribution in [0.25, 0.3) is 10.9 Å². The minimum absolute atomic E-state index is 0.275. The molecule has 0 saturated heterocycles. The van der Waals surface area contributed by atoms with E-state index in [2.05, 4.69) is 10.4 Å². The van der Waals surface area contributed by atoms with Gasteiger partial charge < -0.3 is 4.74 Å². The fourth-order valence-corrected chi connectivity index (χ4v) is 2.21. The highest BCUT2D eigenvalue weighted by Gasteiger charge is 2.08. The third kappa shape index (κ3) is 3.32. The lowest BCUT2D eigenvalue weighted by molar-refractivity contribution is -0.119. The molecule has 1 aromatic heterocycles. The van der Waals surface area contributed by atoms with Crippen molar-refractivity contribution in [3.63, 3.8) is 0 Å². The molecule has 0 unspecified atom stereocenters. The van der Waals surface area contributed by atoms with E-state index in [1.54, 1.807) is 48.5 Å². The van der Waals surface area contributed by atoms with Crippen LogP contribution >= 0.6 is 11.6 Å². The number of hydrogen-bond acceptors (Lipinski definition) is 4. The number of carbonyl (C=O) groups is 1. The van der Waals surface area contributed by atoms with E-state index in [9.17, 15) is 9.59 Å². The molecule has 0 aliphatic heterocycles. The molecule has 23 heavy (non-hydrogen) atoms. The molecule has 7 heteroatoms. The molecule has 3 rings (SSSR count). The summed E-state index contributed by atoms with van der Waals surface area (Å²) in [7, 11) is 0. The lowest BCUT2D eigenvalue weighted by Gasteiger charge is -2.10. The van der Waals surface area contributed by atoms with Crippen molar-refractivity contribution in [2.24, 2.45) is 0 Å². The molecule has 6 nitrogen and oxygen atoms in total. The van der Waals surface area contributed by atoms with Crippen molar-refractivity contribution in [3.8, 4) is 5.75 Å². The van der Waals surface area contributed by atoms with E-state index in [-0.39, 0.29) is 12.2 Å². The molecule has 1 N–H and O–H groups in total. The number of aromatic nitrogens is 2. The summed E-state index contributed by atoms with van der Waals surface area (Å²) in [5.74, 6) is -0.0996. The summed E-state index contributed by atoms with van der Waals surface area (Å²) in [5, 5.41) is 0.826. The zero-order valence-electron chi connectivity index (χ0n) is 11.9. The van der Waals surface area contributed by atoms with Crippen molar-refractivity contribution < 1.29 is 9.53 Å². The first kappa shape index (κ1) is 15.1. The summed E-state index contributed by atoms with van der Waals surface area (Å²) in [6.07, 6.45) is 1.26. The van der Waals surface area contributed by atoms with Crippen molar-refractivity contribution in [2.75, 3.05) is 12.0 Å². The molecule has 0 fully saturated rings. The second-order valence-electron chi connectivity index (χ2n) is 4.69. The highest BCUT2D eigenvalue weighted by atomic mass is 35.5. The Balaban J connectivity index is 1.72. The number of benzene rings is 2. The Bertz CT molecular complexity index is 924. The third-order valence-corrected chi connectivity index (χ3v) is 3.42. The van der Waals surface area contributed by atoms with Gasteiger partial charge in [-0.1, -0.05) is 35.9 Å². The standard InChI is InChI=1S/C16H12ClN3O3/c17-12-6-2-4-8-14(12)23-9-15(21)19-20-10-18-13-7-3-1-5-11(13)16(20)22/h1-8,10H,9H2,(H,19,21). The average molecular weight is 330 g/mol.